The number of benzene rings is 3. The first-order chi connectivity index (χ1) is 12.6. The fraction of sp³-hybridized carbons (Fsp3) is 0.0952. The Morgan fingerprint density at radius 1 is 0.962 bits per heavy atom. The largest absolute Gasteiger partial charge is 0.455 e. The van der Waals surface area contributed by atoms with Gasteiger partial charge >= 0.3 is 0 Å². The molecule has 0 spiro atoms. The molecule has 0 fully saturated rings. The molecule has 0 bridgehead atoms. The van der Waals surface area contributed by atoms with Gasteiger partial charge in [-0.2, -0.15) is 0 Å². The molecule has 1 amide bonds. The van der Waals surface area contributed by atoms with Crippen molar-refractivity contribution in [1.29, 1.82) is 0 Å². The summed E-state index contributed by atoms with van der Waals surface area (Å²) in [5.74, 6) is 0.634. The number of carbonyl (C=O) groups is 1. The maximum atomic E-state index is 13.3. The summed E-state index contributed by atoms with van der Waals surface area (Å²) in [7, 11) is 0. The minimum atomic E-state index is -0.347. The van der Waals surface area contributed by atoms with Gasteiger partial charge in [0.25, 0.3) is 0 Å². The molecule has 3 rings (SSSR count). The SMILES string of the molecule is Cc1ccc(F)cc1NCC(=O)Nc1ccccc1Oc1ccccc1. The Bertz CT molecular complexity index is 898. The van der Waals surface area contributed by atoms with E-state index in [9.17, 15) is 9.18 Å². The average Bonchev–Trinajstić information content (AvgIpc) is 2.65. The van der Waals surface area contributed by atoms with Crippen molar-refractivity contribution in [2.24, 2.45) is 0 Å². The van der Waals surface area contributed by atoms with Gasteiger partial charge in [0.05, 0.1) is 12.2 Å². The third-order valence-corrected chi connectivity index (χ3v) is 3.77. The molecule has 0 aromatic heterocycles. The summed E-state index contributed by atoms with van der Waals surface area (Å²) in [5.41, 5.74) is 2.03. The van der Waals surface area contributed by atoms with Crippen LogP contribution in [-0.2, 0) is 4.79 Å². The van der Waals surface area contributed by atoms with E-state index >= 15 is 0 Å². The zero-order chi connectivity index (χ0) is 18.4. The first-order valence-corrected chi connectivity index (χ1v) is 8.23. The highest BCUT2D eigenvalue weighted by atomic mass is 19.1. The van der Waals surface area contributed by atoms with Gasteiger partial charge in [0.2, 0.25) is 5.91 Å². The summed E-state index contributed by atoms with van der Waals surface area (Å²) in [6.45, 7) is 1.87. The highest BCUT2D eigenvalue weighted by Crippen LogP contribution is 2.29. The monoisotopic (exact) mass is 350 g/mol. The Hall–Kier alpha value is -3.34. The predicted octanol–water partition coefficient (Wildman–Crippen LogP) is 4.98. The van der Waals surface area contributed by atoms with Crippen molar-refractivity contribution in [1.82, 2.24) is 0 Å². The van der Waals surface area contributed by atoms with Crippen LogP contribution in [0.4, 0.5) is 15.8 Å². The van der Waals surface area contributed by atoms with Gasteiger partial charge in [0.15, 0.2) is 5.75 Å². The van der Waals surface area contributed by atoms with Crippen LogP contribution in [0.3, 0.4) is 0 Å². The van der Waals surface area contributed by atoms with Crippen LogP contribution in [0.2, 0.25) is 0 Å². The van der Waals surface area contributed by atoms with Crippen molar-refractivity contribution in [3.8, 4) is 11.5 Å². The minimum Gasteiger partial charge on any atom is -0.455 e. The fourth-order valence-corrected chi connectivity index (χ4v) is 2.43. The summed E-state index contributed by atoms with van der Waals surface area (Å²) in [6, 6.07) is 21.0. The Balaban J connectivity index is 1.65. The number of hydrogen-bond donors (Lipinski definition) is 2. The zero-order valence-corrected chi connectivity index (χ0v) is 14.3. The second kappa shape index (κ2) is 8.16. The van der Waals surface area contributed by atoms with Crippen LogP contribution in [0, 0.1) is 12.7 Å². The van der Waals surface area contributed by atoms with Gasteiger partial charge in [-0.3, -0.25) is 4.79 Å². The number of ether oxygens (including phenoxy) is 1. The van der Waals surface area contributed by atoms with Crippen LogP contribution >= 0.6 is 0 Å². The molecule has 5 heteroatoms. The lowest BCUT2D eigenvalue weighted by atomic mass is 10.2. The van der Waals surface area contributed by atoms with E-state index in [4.69, 9.17) is 4.74 Å². The van der Waals surface area contributed by atoms with E-state index < -0.39 is 0 Å². The standard InChI is InChI=1S/C21H19FN2O2/c1-15-11-12-16(22)13-19(15)23-14-21(25)24-18-9-5-6-10-20(18)26-17-7-3-2-4-8-17/h2-13,23H,14H2,1H3,(H,24,25). The molecule has 4 nitrogen and oxygen atoms in total. The number of anilines is 2. The number of rotatable bonds is 6. The molecule has 26 heavy (non-hydrogen) atoms. The number of amides is 1. The van der Waals surface area contributed by atoms with Crippen molar-refractivity contribution in [3.63, 3.8) is 0 Å². The minimum absolute atomic E-state index is 0.0178. The van der Waals surface area contributed by atoms with Gasteiger partial charge in [-0.15, -0.1) is 0 Å². The molecule has 3 aromatic carbocycles. The number of para-hydroxylation sites is 3. The van der Waals surface area contributed by atoms with E-state index in [1.165, 1.54) is 12.1 Å². The Labute approximate surface area is 151 Å². The molecule has 0 radical (unpaired) electrons. The molecule has 0 heterocycles. The van der Waals surface area contributed by atoms with Gasteiger partial charge in [0.1, 0.15) is 11.6 Å². The average molecular weight is 350 g/mol. The first-order valence-electron chi connectivity index (χ1n) is 8.23. The molecule has 2 N–H and O–H groups in total. The molecular formula is C21H19FN2O2. The van der Waals surface area contributed by atoms with E-state index in [1.807, 2.05) is 49.4 Å². The third kappa shape index (κ3) is 4.60. The maximum Gasteiger partial charge on any atom is 0.243 e. The zero-order valence-electron chi connectivity index (χ0n) is 14.3. The van der Waals surface area contributed by atoms with Gasteiger partial charge in [-0.1, -0.05) is 36.4 Å². The molecule has 0 aliphatic carbocycles. The van der Waals surface area contributed by atoms with Crippen molar-refractivity contribution in [3.05, 3.63) is 84.2 Å². The molecule has 0 saturated heterocycles. The molecular weight excluding hydrogens is 331 g/mol. The smallest absolute Gasteiger partial charge is 0.243 e. The lowest BCUT2D eigenvalue weighted by molar-refractivity contribution is -0.114. The fourth-order valence-electron chi connectivity index (χ4n) is 2.43. The van der Waals surface area contributed by atoms with Crippen molar-refractivity contribution in [2.75, 3.05) is 17.2 Å². The summed E-state index contributed by atoms with van der Waals surface area (Å²) in [5, 5.41) is 5.77. The van der Waals surface area contributed by atoms with Crippen LogP contribution in [0.1, 0.15) is 5.56 Å². The maximum absolute atomic E-state index is 13.3. The lowest BCUT2D eigenvalue weighted by Gasteiger charge is -2.13. The number of halogens is 1. The first kappa shape index (κ1) is 17.5. The van der Waals surface area contributed by atoms with E-state index in [1.54, 1.807) is 18.2 Å². The topological polar surface area (TPSA) is 50.4 Å². The van der Waals surface area contributed by atoms with E-state index in [-0.39, 0.29) is 18.3 Å². The summed E-state index contributed by atoms with van der Waals surface area (Å²) in [4.78, 5) is 12.3. The second-order valence-corrected chi connectivity index (χ2v) is 5.77. The quantitative estimate of drug-likeness (QED) is 0.659. The molecule has 0 atom stereocenters. The van der Waals surface area contributed by atoms with Crippen LogP contribution in [-0.4, -0.2) is 12.5 Å². The van der Waals surface area contributed by atoms with Crippen LogP contribution in [0.15, 0.2) is 72.8 Å². The highest BCUT2D eigenvalue weighted by molar-refractivity contribution is 5.95. The normalized spacial score (nSPS) is 10.2. The molecule has 0 saturated carbocycles. The van der Waals surface area contributed by atoms with Crippen molar-refractivity contribution < 1.29 is 13.9 Å². The second-order valence-electron chi connectivity index (χ2n) is 5.77. The Morgan fingerprint density at radius 3 is 2.50 bits per heavy atom. The Kier molecular flexibility index (Phi) is 5.49. The van der Waals surface area contributed by atoms with Crippen LogP contribution < -0.4 is 15.4 Å². The van der Waals surface area contributed by atoms with Crippen LogP contribution in [0.5, 0.6) is 11.5 Å². The third-order valence-electron chi connectivity index (χ3n) is 3.77. The molecule has 132 valence electrons. The highest BCUT2D eigenvalue weighted by Gasteiger charge is 2.09. The van der Waals surface area contributed by atoms with Crippen molar-refractivity contribution >= 4 is 17.3 Å². The number of hydrogen-bond acceptors (Lipinski definition) is 3. The van der Waals surface area contributed by atoms with E-state index in [0.29, 0.717) is 22.9 Å². The predicted molar refractivity (Wildman–Crippen MR) is 101 cm³/mol. The van der Waals surface area contributed by atoms with E-state index in [0.717, 1.165) is 5.56 Å². The summed E-state index contributed by atoms with van der Waals surface area (Å²) >= 11 is 0. The number of aryl methyl sites for hydroxylation is 1. The Morgan fingerprint density at radius 2 is 1.69 bits per heavy atom. The van der Waals surface area contributed by atoms with Crippen molar-refractivity contribution in [2.45, 2.75) is 6.92 Å². The lowest BCUT2D eigenvalue weighted by Crippen LogP contribution is -2.22. The molecule has 0 aliphatic rings. The number of carbonyl (C=O) groups excluding carboxylic acids is 1. The molecule has 0 aliphatic heterocycles. The van der Waals surface area contributed by atoms with Gasteiger partial charge in [-0.05, 0) is 48.9 Å². The van der Waals surface area contributed by atoms with Gasteiger partial charge in [0, 0.05) is 5.69 Å². The summed E-state index contributed by atoms with van der Waals surface area (Å²) in [6.07, 6.45) is 0. The van der Waals surface area contributed by atoms with Gasteiger partial charge < -0.3 is 15.4 Å². The molecule has 3 aromatic rings. The van der Waals surface area contributed by atoms with Gasteiger partial charge in [-0.25, -0.2) is 4.39 Å². The number of nitrogens with one attached hydrogen (secondary N) is 2. The van der Waals surface area contributed by atoms with Crippen LogP contribution in [0.25, 0.3) is 0 Å². The van der Waals surface area contributed by atoms with E-state index in [2.05, 4.69) is 10.6 Å². The molecule has 0 unspecified atom stereocenters. The summed E-state index contributed by atoms with van der Waals surface area (Å²) < 4.78 is 19.1.